The number of nitrogens with one attached hydrogen (secondary N) is 1. The zero-order valence-corrected chi connectivity index (χ0v) is 12.7. The summed E-state index contributed by atoms with van der Waals surface area (Å²) in [6, 6.07) is 14.3. The van der Waals surface area contributed by atoms with Gasteiger partial charge in [0.05, 0.1) is 18.3 Å². The lowest BCUT2D eigenvalue weighted by molar-refractivity contribution is -0.123. The molecule has 0 aliphatic carbocycles. The molecule has 22 heavy (non-hydrogen) atoms. The van der Waals surface area contributed by atoms with Crippen LogP contribution in [0.2, 0.25) is 5.02 Å². The zero-order valence-electron chi connectivity index (χ0n) is 12.0. The van der Waals surface area contributed by atoms with Crippen molar-refractivity contribution in [3.05, 3.63) is 59.1 Å². The molecule has 0 heterocycles. The van der Waals surface area contributed by atoms with Crippen molar-refractivity contribution in [2.75, 3.05) is 13.7 Å². The second-order valence-corrected chi connectivity index (χ2v) is 4.66. The highest BCUT2D eigenvalue weighted by molar-refractivity contribution is 6.32. The fraction of sp³-hybridized carbons (Fsp3) is 0.125. The highest BCUT2D eigenvalue weighted by atomic mass is 35.5. The SMILES string of the molecule is COc1ccccc1/C=N/NC(=O)COc1ccccc1Cl. The number of hydrogen-bond donors (Lipinski definition) is 1. The normalized spacial score (nSPS) is 10.5. The molecule has 0 fully saturated rings. The van der Waals surface area contributed by atoms with Crippen LogP contribution in [-0.4, -0.2) is 25.8 Å². The van der Waals surface area contributed by atoms with E-state index >= 15 is 0 Å². The minimum Gasteiger partial charge on any atom is -0.496 e. The van der Waals surface area contributed by atoms with E-state index in [4.69, 9.17) is 21.1 Å². The molecule has 0 bridgehead atoms. The molecule has 0 saturated carbocycles. The lowest BCUT2D eigenvalue weighted by atomic mass is 10.2. The Kier molecular flexibility index (Phi) is 5.80. The number of carbonyl (C=O) groups excluding carboxylic acids is 1. The maximum Gasteiger partial charge on any atom is 0.277 e. The van der Waals surface area contributed by atoms with Crippen molar-refractivity contribution < 1.29 is 14.3 Å². The van der Waals surface area contributed by atoms with Crippen LogP contribution >= 0.6 is 11.6 Å². The molecule has 1 N–H and O–H groups in total. The van der Waals surface area contributed by atoms with Gasteiger partial charge in [-0.2, -0.15) is 5.10 Å². The van der Waals surface area contributed by atoms with Crippen LogP contribution in [0.25, 0.3) is 0 Å². The summed E-state index contributed by atoms with van der Waals surface area (Å²) in [4.78, 5) is 11.6. The third kappa shape index (κ3) is 4.49. The van der Waals surface area contributed by atoms with E-state index in [0.29, 0.717) is 16.5 Å². The molecule has 0 aliphatic rings. The van der Waals surface area contributed by atoms with Gasteiger partial charge in [0, 0.05) is 5.56 Å². The standard InChI is InChI=1S/C16H15ClN2O3/c1-21-14-8-4-2-6-12(14)10-18-19-16(20)11-22-15-9-5-3-7-13(15)17/h2-10H,11H2,1H3,(H,19,20)/b18-10+. The molecule has 0 aromatic heterocycles. The molecule has 0 spiro atoms. The first kappa shape index (κ1) is 15.9. The summed E-state index contributed by atoms with van der Waals surface area (Å²) < 4.78 is 10.5. The summed E-state index contributed by atoms with van der Waals surface area (Å²) in [6.45, 7) is -0.174. The third-order valence-corrected chi connectivity index (χ3v) is 3.04. The van der Waals surface area contributed by atoms with E-state index < -0.39 is 0 Å². The predicted molar refractivity (Wildman–Crippen MR) is 85.7 cm³/mol. The lowest BCUT2D eigenvalue weighted by Crippen LogP contribution is -2.24. The molecular weight excluding hydrogens is 304 g/mol. The van der Waals surface area contributed by atoms with Crippen molar-refractivity contribution in [2.24, 2.45) is 5.10 Å². The Morgan fingerprint density at radius 1 is 1.18 bits per heavy atom. The van der Waals surface area contributed by atoms with Crippen molar-refractivity contribution in [1.82, 2.24) is 5.43 Å². The highest BCUT2D eigenvalue weighted by Crippen LogP contribution is 2.22. The maximum absolute atomic E-state index is 11.6. The Balaban J connectivity index is 1.85. The summed E-state index contributed by atoms with van der Waals surface area (Å²) in [7, 11) is 1.57. The van der Waals surface area contributed by atoms with E-state index in [1.165, 1.54) is 6.21 Å². The van der Waals surface area contributed by atoms with E-state index in [-0.39, 0.29) is 12.5 Å². The molecular formula is C16H15ClN2O3. The van der Waals surface area contributed by atoms with E-state index in [0.717, 1.165) is 5.56 Å². The number of methoxy groups -OCH3 is 1. The number of rotatable bonds is 6. The van der Waals surface area contributed by atoms with Crippen molar-refractivity contribution >= 4 is 23.7 Å². The van der Waals surface area contributed by atoms with Gasteiger partial charge < -0.3 is 9.47 Å². The van der Waals surface area contributed by atoms with Gasteiger partial charge >= 0.3 is 0 Å². The number of hydrazone groups is 1. The molecule has 2 rings (SSSR count). The Morgan fingerprint density at radius 3 is 2.59 bits per heavy atom. The minimum absolute atomic E-state index is 0.174. The number of benzene rings is 2. The number of nitrogens with zero attached hydrogens (tertiary/aromatic N) is 1. The Hall–Kier alpha value is -2.53. The van der Waals surface area contributed by atoms with Gasteiger partial charge in [-0.05, 0) is 24.3 Å². The Bertz CT molecular complexity index is 674. The average molecular weight is 319 g/mol. The van der Waals surface area contributed by atoms with Crippen LogP contribution < -0.4 is 14.9 Å². The number of ether oxygens (including phenoxy) is 2. The summed E-state index contributed by atoms with van der Waals surface area (Å²) in [6.07, 6.45) is 1.51. The molecule has 5 nitrogen and oxygen atoms in total. The number of halogens is 1. The van der Waals surface area contributed by atoms with Crippen molar-refractivity contribution in [3.63, 3.8) is 0 Å². The van der Waals surface area contributed by atoms with Gasteiger partial charge in [0.2, 0.25) is 0 Å². The van der Waals surface area contributed by atoms with Crippen molar-refractivity contribution in [3.8, 4) is 11.5 Å². The fourth-order valence-electron chi connectivity index (χ4n) is 1.68. The molecule has 0 saturated heterocycles. The van der Waals surface area contributed by atoms with E-state index in [2.05, 4.69) is 10.5 Å². The average Bonchev–Trinajstić information content (AvgIpc) is 2.54. The molecule has 2 aromatic rings. The lowest BCUT2D eigenvalue weighted by Gasteiger charge is -2.06. The molecule has 2 aromatic carbocycles. The molecule has 6 heteroatoms. The van der Waals surface area contributed by atoms with Gasteiger partial charge in [-0.15, -0.1) is 0 Å². The predicted octanol–water partition coefficient (Wildman–Crippen LogP) is 2.88. The molecule has 0 unspecified atom stereocenters. The quantitative estimate of drug-likeness (QED) is 0.658. The van der Waals surface area contributed by atoms with Gasteiger partial charge in [-0.25, -0.2) is 5.43 Å². The summed E-state index contributed by atoms with van der Waals surface area (Å²) in [5.74, 6) is 0.743. The summed E-state index contributed by atoms with van der Waals surface area (Å²) >= 11 is 5.93. The van der Waals surface area contributed by atoms with E-state index in [1.807, 2.05) is 24.3 Å². The molecule has 0 radical (unpaired) electrons. The van der Waals surface area contributed by atoms with Crippen LogP contribution in [0, 0.1) is 0 Å². The zero-order chi connectivity index (χ0) is 15.8. The maximum atomic E-state index is 11.6. The topological polar surface area (TPSA) is 59.9 Å². The molecule has 0 atom stereocenters. The monoisotopic (exact) mass is 318 g/mol. The first-order valence-corrected chi connectivity index (χ1v) is 6.90. The minimum atomic E-state index is -0.383. The largest absolute Gasteiger partial charge is 0.496 e. The fourth-order valence-corrected chi connectivity index (χ4v) is 1.87. The molecule has 114 valence electrons. The third-order valence-electron chi connectivity index (χ3n) is 2.73. The molecule has 0 aliphatic heterocycles. The Morgan fingerprint density at radius 2 is 1.86 bits per heavy atom. The van der Waals surface area contributed by atoms with E-state index in [9.17, 15) is 4.79 Å². The number of amides is 1. The smallest absolute Gasteiger partial charge is 0.277 e. The van der Waals surface area contributed by atoms with Crippen molar-refractivity contribution in [1.29, 1.82) is 0 Å². The van der Waals surface area contributed by atoms with E-state index in [1.54, 1.807) is 31.4 Å². The van der Waals surface area contributed by atoms with Crippen LogP contribution in [0.4, 0.5) is 0 Å². The first-order chi connectivity index (χ1) is 10.7. The second kappa shape index (κ2) is 8.05. The summed E-state index contributed by atoms with van der Waals surface area (Å²) in [5.41, 5.74) is 3.14. The van der Waals surface area contributed by atoms with Crippen LogP contribution in [0.3, 0.4) is 0 Å². The van der Waals surface area contributed by atoms with Crippen LogP contribution in [-0.2, 0) is 4.79 Å². The number of para-hydroxylation sites is 2. The van der Waals surface area contributed by atoms with Gasteiger partial charge in [-0.3, -0.25) is 4.79 Å². The van der Waals surface area contributed by atoms with Gasteiger partial charge in [-0.1, -0.05) is 35.9 Å². The van der Waals surface area contributed by atoms with Crippen molar-refractivity contribution in [2.45, 2.75) is 0 Å². The highest BCUT2D eigenvalue weighted by Gasteiger charge is 2.04. The van der Waals surface area contributed by atoms with Crippen LogP contribution in [0.1, 0.15) is 5.56 Å². The molecule has 1 amide bonds. The summed E-state index contributed by atoms with van der Waals surface area (Å²) in [5, 5.41) is 4.32. The van der Waals surface area contributed by atoms with Gasteiger partial charge in [0.1, 0.15) is 11.5 Å². The van der Waals surface area contributed by atoms with Crippen LogP contribution in [0.15, 0.2) is 53.6 Å². The van der Waals surface area contributed by atoms with Crippen LogP contribution in [0.5, 0.6) is 11.5 Å². The second-order valence-electron chi connectivity index (χ2n) is 4.25. The van der Waals surface area contributed by atoms with Gasteiger partial charge in [0.25, 0.3) is 5.91 Å². The van der Waals surface area contributed by atoms with Gasteiger partial charge in [0.15, 0.2) is 6.61 Å². The number of hydrogen-bond acceptors (Lipinski definition) is 4. The first-order valence-electron chi connectivity index (χ1n) is 6.53. The Labute approximate surface area is 133 Å². The number of carbonyl (C=O) groups is 1.